The van der Waals surface area contributed by atoms with E-state index in [9.17, 15) is 4.79 Å². The van der Waals surface area contributed by atoms with Crippen molar-refractivity contribution < 1.29 is 9.53 Å². The third kappa shape index (κ3) is 8.59. The number of hydrogen-bond acceptors (Lipinski definition) is 5. The van der Waals surface area contributed by atoms with Gasteiger partial charge >= 0.3 is 0 Å². The Bertz CT molecular complexity index is 620. The highest BCUT2D eigenvalue weighted by Gasteiger charge is 2.21. The maximum Gasteiger partial charge on any atom is 0.241 e. The first-order chi connectivity index (χ1) is 13.1. The van der Waals surface area contributed by atoms with Gasteiger partial charge in [0.1, 0.15) is 12.4 Å². The molecule has 2 rings (SSSR count). The van der Waals surface area contributed by atoms with Crippen LogP contribution in [0.5, 0.6) is 0 Å². The van der Waals surface area contributed by atoms with E-state index in [1.54, 1.807) is 7.11 Å². The van der Waals surface area contributed by atoms with Gasteiger partial charge in [0, 0.05) is 45.0 Å². The molecule has 2 heterocycles. The van der Waals surface area contributed by atoms with Gasteiger partial charge in [-0.3, -0.25) is 4.79 Å². The van der Waals surface area contributed by atoms with Crippen molar-refractivity contribution >= 4 is 41.7 Å². The van der Waals surface area contributed by atoms with Crippen molar-refractivity contribution in [1.29, 1.82) is 0 Å². The molecule has 3 N–H and O–H groups in total. The van der Waals surface area contributed by atoms with E-state index in [-0.39, 0.29) is 36.4 Å². The van der Waals surface area contributed by atoms with Crippen LogP contribution in [0.15, 0.2) is 23.2 Å². The Morgan fingerprint density at radius 1 is 1.32 bits per heavy atom. The number of amides is 1. The van der Waals surface area contributed by atoms with Gasteiger partial charge < -0.3 is 25.6 Å². The number of pyridine rings is 1. The summed E-state index contributed by atoms with van der Waals surface area (Å²) in [5.74, 6) is 1.62. The van der Waals surface area contributed by atoms with Crippen molar-refractivity contribution in [3.05, 3.63) is 23.9 Å². The first-order valence-corrected chi connectivity index (χ1v) is 9.61. The van der Waals surface area contributed by atoms with Gasteiger partial charge in [-0.25, -0.2) is 9.98 Å². The number of methoxy groups -OCH3 is 1. The molecule has 8 nitrogen and oxygen atoms in total. The van der Waals surface area contributed by atoms with Gasteiger partial charge in [-0.15, -0.1) is 24.0 Å². The lowest BCUT2D eigenvalue weighted by Gasteiger charge is -2.34. The fourth-order valence-electron chi connectivity index (χ4n) is 2.97. The van der Waals surface area contributed by atoms with E-state index in [0.717, 1.165) is 44.0 Å². The minimum Gasteiger partial charge on any atom is -0.383 e. The summed E-state index contributed by atoms with van der Waals surface area (Å²) < 4.78 is 4.92. The van der Waals surface area contributed by atoms with E-state index >= 15 is 0 Å². The number of aliphatic imine (C=N–C) groups is 1. The summed E-state index contributed by atoms with van der Waals surface area (Å²) in [6.07, 6.45) is 2.00. The highest BCUT2D eigenvalue weighted by molar-refractivity contribution is 14.0. The second-order valence-corrected chi connectivity index (χ2v) is 6.58. The molecule has 0 aromatic carbocycles. The van der Waals surface area contributed by atoms with Crippen LogP contribution in [0.1, 0.15) is 25.5 Å². The van der Waals surface area contributed by atoms with Crippen LogP contribution in [0.4, 0.5) is 5.82 Å². The van der Waals surface area contributed by atoms with Crippen LogP contribution >= 0.6 is 24.0 Å². The normalized spacial score (nSPS) is 15.0. The number of ether oxygens (including phenoxy) is 1. The van der Waals surface area contributed by atoms with Crippen LogP contribution < -0.4 is 20.9 Å². The van der Waals surface area contributed by atoms with E-state index in [0.29, 0.717) is 25.2 Å². The van der Waals surface area contributed by atoms with E-state index < -0.39 is 0 Å². The molecule has 0 saturated carbocycles. The van der Waals surface area contributed by atoms with E-state index in [2.05, 4.69) is 43.0 Å². The Hall–Kier alpha value is -1.62. The Morgan fingerprint density at radius 2 is 2.07 bits per heavy atom. The zero-order valence-electron chi connectivity index (χ0n) is 17.0. The van der Waals surface area contributed by atoms with Gasteiger partial charge in [-0.1, -0.05) is 6.07 Å². The number of carbonyl (C=O) groups excluding carboxylic acids is 1. The van der Waals surface area contributed by atoms with Gasteiger partial charge in [0.15, 0.2) is 5.96 Å². The molecule has 1 amide bonds. The molecule has 0 aliphatic carbocycles. The summed E-state index contributed by atoms with van der Waals surface area (Å²) in [5.41, 5.74) is 1.04. The number of halogens is 1. The van der Waals surface area contributed by atoms with Crippen molar-refractivity contribution in [3.63, 3.8) is 0 Å². The number of carbonyl (C=O) groups is 1. The molecule has 0 unspecified atom stereocenters. The number of rotatable bonds is 8. The first-order valence-electron chi connectivity index (χ1n) is 9.61. The first kappa shape index (κ1) is 24.4. The fraction of sp³-hybridized carbons (Fsp3) is 0.632. The molecule has 0 bridgehead atoms. The number of guanidine groups is 1. The largest absolute Gasteiger partial charge is 0.383 e. The second-order valence-electron chi connectivity index (χ2n) is 6.58. The molecule has 1 aliphatic heterocycles. The van der Waals surface area contributed by atoms with Crippen molar-refractivity contribution in [2.75, 3.05) is 51.3 Å². The summed E-state index contributed by atoms with van der Waals surface area (Å²) in [6.45, 7) is 7.79. The van der Waals surface area contributed by atoms with Crippen LogP contribution in [-0.4, -0.2) is 69.3 Å². The summed E-state index contributed by atoms with van der Waals surface area (Å²) in [7, 11) is 1.61. The third-order valence-electron chi connectivity index (χ3n) is 4.39. The number of nitrogens with zero attached hydrogens (tertiary/aromatic N) is 3. The molecular formula is C19H33IN6O2. The summed E-state index contributed by atoms with van der Waals surface area (Å²) in [4.78, 5) is 23.1. The van der Waals surface area contributed by atoms with Crippen LogP contribution in [0.25, 0.3) is 0 Å². The second kappa shape index (κ2) is 13.5. The summed E-state index contributed by atoms with van der Waals surface area (Å²) >= 11 is 0. The molecule has 0 atom stereocenters. The molecule has 28 heavy (non-hydrogen) atoms. The van der Waals surface area contributed by atoms with Crippen molar-refractivity contribution in [2.45, 2.75) is 32.7 Å². The summed E-state index contributed by atoms with van der Waals surface area (Å²) in [6, 6.07) is 6.47. The molecule has 158 valence electrons. The monoisotopic (exact) mass is 504 g/mol. The zero-order chi connectivity index (χ0) is 19.5. The Labute approximate surface area is 184 Å². The van der Waals surface area contributed by atoms with Crippen LogP contribution in [0.2, 0.25) is 0 Å². The van der Waals surface area contributed by atoms with Gasteiger partial charge in [-0.2, -0.15) is 0 Å². The highest BCUT2D eigenvalue weighted by atomic mass is 127. The smallest absolute Gasteiger partial charge is 0.241 e. The van der Waals surface area contributed by atoms with Gasteiger partial charge in [0.25, 0.3) is 0 Å². The molecule has 1 fully saturated rings. The lowest BCUT2D eigenvalue weighted by Crippen LogP contribution is -2.49. The minimum absolute atomic E-state index is 0. The lowest BCUT2D eigenvalue weighted by atomic mass is 10.1. The van der Waals surface area contributed by atoms with Crippen LogP contribution in [0, 0.1) is 6.92 Å². The molecule has 9 heteroatoms. The van der Waals surface area contributed by atoms with E-state index in [1.165, 1.54) is 0 Å². The maximum atomic E-state index is 11.8. The zero-order valence-corrected chi connectivity index (χ0v) is 19.4. The predicted molar refractivity (Wildman–Crippen MR) is 124 cm³/mol. The summed E-state index contributed by atoms with van der Waals surface area (Å²) in [5, 5.41) is 9.43. The minimum atomic E-state index is -0.107. The number of aromatic nitrogens is 1. The van der Waals surface area contributed by atoms with E-state index in [4.69, 9.17) is 4.74 Å². The Morgan fingerprint density at radius 3 is 2.71 bits per heavy atom. The molecule has 0 spiro atoms. The number of nitrogens with one attached hydrogen (secondary N) is 3. The van der Waals surface area contributed by atoms with Crippen molar-refractivity contribution in [3.8, 4) is 0 Å². The molecule has 1 aliphatic rings. The Balaban J connectivity index is 0.00000392. The average Bonchev–Trinajstić information content (AvgIpc) is 2.67. The topological polar surface area (TPSA) is 90.9 Å². The van der Waals surface area contributed by atoms with Gasteiger partial charge in [0.2, 0.25) is 5.91 Å². The maximum absolute atomic E-state index is 11.8. The Kier molecular flexibility index (Phi) is 11.8. The molecular weight excluding hydrogens is 471 g/mol. The quantitative estimate of drug-likeness (QED) is 0.214. The number of aryl methyl sites for hydroxylation is 1. The van der Waals surface area contributed by atoms with Crippen molar-refractivity contribution in [2.24, 2.45) is 4.99 Å². The highest BCUT2D eigenvalue weighted by Crippen LogP contribution is 2.18. The number of hydrogen-bond donors (Lipinski definition) is 3. The third-order valence-corrected chi connectivity index (χ3v) is 4.39. The fourth-order valence-corrected chi connectivity index (χ4v) is 2.97. The molecule has 1 aromatic rings. The van der Waals surface area contributed by atoms with Crippen molar-refractivity contribution in [1.82, 2.24) is 20.9 Å². The molecule has 1 aromatic heterocycles. The number of piperidine rings is 1. The lowest BCUT2D eigenvalue weighted by molar-refractivity contribution is -0.119. The van der Waals surface area contributed by atoms with E-state index in [1.807, 2.05) is 19.9 Å². The van der Waals surface area contributed by atoms with Crippen LogP contribution in [0.3, 0.4) is 0 Å². The predicted octanol–water partition coefficient (Wildman–Crippen LogP) is 1.29. The van der Waals surface area contributed by atoms with Gasteiger partial charge in [0.05, 0.1) is 6.61 Å². The number of anilines is 1. The van der Waals surface area contributed by atoms with Gasteiger partial charge in [-0.05, 0) is 38.8 Å². The average molecular weight is 504 g/mol. The molecule has 1 saturated heterocycles. The van der Waals surface area contributed by atoms with Crippen LogP contribution in [-0.2, 0) is 9.53 Å². The standard InChI is InChI=1S/C19H32N6O2.HI/c1-4-20-19(22-14-18(26)21-10-13-27-3)24-16-8-11-25(12-9-16)17-7-5-6-15(2)23-17;/h5-7,16H,4,8-14H2,1-3H3,(H,21,26)(H2,20,22,24);1H. The molecule has 0 radical (unpaired) electrons. The SMILES string of the molecule is CCNC(=NCC(=O)NCCOC)NC1CCN(c2cccc(C)n2)CC1.I.